The van der Waals surface area contributed by atoms with E-state index < -0.39 is 0 Å². The second kappa shape index (κ2) is 6.97. The van der Waals surface area contributed by atoms with Crippen LogP contribution in [0.15, 0.2) is 0 Å². The van der Waals surface area contributed by atoms with Crippen LogP contribution < -0.4 is 11.1 Å². The molecule has 1 aliphatic rings. The van der Waals surface area contributed by atoms with E-state index in [-0.39, 0.29) is 11.4 Å². The molecule has 3 N–H and O–H groups in total. The molecule has 0 atom stereocenters. The van der Waals surface area contributed by atoms with E-state index in [0.29, 0.717) is 13.0 Å². The minimum Gasteiger partial charge on any atom is -0.349 e. The molecule has 0 bridgehead atoms. The average Bonchev–Trinajstić information content (AvgIpc) is 2.87. The normalized spacial score (nSPS) is 17.4. The molecule has 0 spiro atoms. The summed E-state index contributed by atoms with van der Waals surface area (Å²) in [5.41, 5.74) is 5.58. The Bertz CT molecular complexity index is 225. The van der Waals surface area contributed by atoms with Gasteiger partial charge in [0.05, 0.1) is 5.54 Å². The SMILES string of the molecule is CCC(CC)(CN)NC(=O)CCN1CCCC1. The van der Waals surface area contributed by atoms with Gasteiger partial charge in [0.25, 0.3) is 0 Å². The van der Waals surface area contributed by atoms with Crippen LogP contribution in [-0.2, 0) is 4.79 Å². The Hall–Kier alpha value is -0.610. The minimum absolute atomic E-state index is 0.144. The Morgan fingerprint density at radius 3 is 2.35 bits per heavy atom. The van der Waals surface area contributed by atoms with Crippen molar-refractivity contribution in [1.82, 2.24) is 10.2 Å². The van der Waals surface area contributed by atoms with Crippen molar-refractivity contribution in [2.24, 2.45) is 5.73 Å². The van der Waals surface area contributed by atoms with Crippen molar-refractivity contribution in [2.75, 3.05) is 26.2 Å². The fourth-order valence-electron chi connectivity index (χ4n) is 2.39. The second-order valence-electron chi connectivity index (χ2n) is 5.04. The summed E-state index contributed by atoms with van der Waals surface area (Å²) in [6, 6.07) is 0. The molecule has 0 radical (unpaired) electrons. The minimum atomic E-state index is -0.192. The van der Waals surface area contributed by atoms with Crippen LogP contribution in [0.25, 0.3) is 0 Å². The Morgan fingerprint density at radius 1 is 1.29 bits per heavy atom. The van der Waals surface area contributed by atoms with Crippen LogP contribution in [-0.4, -0.2) is 42.5 Å². The number of nitrogens with zero attached hydrogens (tertiary/aromatic N) is 1. The molecule has 1 heterocycles. The van der Waals surface area contributed by atoms with Gasteiger partial charge in [-0.3, -0.25) is 4.79 Å². The quantitative estimate of drug-likeness (QED) is 0.702. The summed E-state index contributed by atoms with van der Waals surface area (Å²) in [7, 11) is 0. The Labute approximate surface area is 105 Å². The van der Waals surface area contributed by atoms with Crippen LogP contribution in [0, 0.1) is 0 Å². The summed E-state index contributed by atoms with van der Waals surface area (Å²) in [6.45, 7) is 7.87. The van der Waals surface area contributed by atoms with Gasteiger partial charge < -0.3 is 16.0 Å². The number of carbonyl (C=O) groups excluding carboxylic acids is 1. The van der Waals surface area contributed by atoms with Gasteiger partial charge in [0.15, 0.2) is 0 Å². The molecule has 100 valence electrons. The zero-order valence-corrected chi connectivity index (χ0v) is 11.3. The lowest BCUT2D eigenvalue weighted by Crippen LogP contribution is -2.53. The zero-order chi connectivity index (χ0) is 12.7. The van der Waals surface area contributed by atoms with E-state index in [9.17, 15) is 4.79 Å². The molecule has 0 aromatic rings. The topological polar surface area (TPSA) is 58.4 Å². The van der Waals surface area contributed by atoms with Gasteiger partial charge in [-0.15, -0.1) is 0 Å². The van der Waals surface area contributed by atoms with Crippen molar-refractivity contribution in [3.63, 3.8) is 0 Å². The number of nitrogens with one attached hydrogen (secondary N) is 1. The maximum absolute atomic E-state index is 11.9. The maximum Gasteiger partial charge on any atom is 0.221 e. The van der Waals surface area contributed by atoms with E-state index in [1.807, 2.05) is 0 Å². The highest BCUT2D eigenvalue weighted by molar-refractivity contribution is 5.77. The monoisotopic (exact) mass is 241 g/mol. The van der Waals surface area contributed by atoms with Crippen LogP contribution in [0.5, 0.6) is 0 Å². The molecule has 0 aromatic carbocycles. The van der Waals surface area contributed by atoms with Crippen molar-refractivity contribution >= 4 is 5.91 Å². The smallest absolute Gasteiger partial charge is 0.221 e. The summed E-state index contributed by atoms with van der Waals surface area (Å²) >= 11 is 0. The molecule has 1 amide bonds. The summed E-state index contributed by atoms with van der Waals surface area (Å²) in [5.74, 6) is 0.144. The average molecular weight is 241 g/mol. The molecule has 17 heavy (non-hydrogen) atoms. The van der Waals surface area contributed by atoms with E-state index in [4.69, 9.17) is 5.73 Å². The first kappa shape index (κ1) is 14.5. The van der Waals surface area contributed by atoms with E-state index in [2.05, 4.69) is 24.1 Å². The van der Waals surface area contributed by atoms with Crippen LogP contribution in [0.4, 0.5) is 0 Å². The van der Waals surface area contributed by atoms with Crippen molar-refractivity contribution in [3.05, 3.63) is 0 Å². The van der Waals surface area contributed by atoms with Gasteiger partial charge >= 0.3 is 0 Å². The van der Waals surface area contributed by atoms with Crippen molar-refractivity contribution in [2.45, 2.75) is 51.5 Å². The van der Waals surface area contributed by atoms with E-state index in [1.165, 1.54) is 12.8 Å². The first-order valence-corrected chi connectivity index (χ1v) is 6.89. The Morgan fingerprint density at radius 2 is 1.88 bits per heavy atom. The first-order valence-electron chi connectivity index (χ1n) is 6.89. The van der Waals surface area contributed by atoms with Crippen LogP contribution in [0.1, 0.15) is 46.0 Å². The highest BCUT2D eigenvalue weighted by atomic mass is 16.1. The maximum atomic E-state index is 11.9. The van der Waals surface area contributed by atoms with Gasteiger partial charge in [-0.1, -0.05) is 13.8 Å². The number of hydrogen-bond acceptors (Lipinski definition) is 3. The fourth-order valence-corrected chi connectivity index (χ4v) is 2.39. The van der Waals surface area contributed by atoms with Gasteiger partial charge in [0.1, 0.15) is 0 Å². The summed E-state index contributed by atoms with van der Waals surface area (Å²) in [4.78, 5) is 14.3. The molecular weight excluding hydrogens is 214 g/mol. The van der Waals surface area contributed by atoms with Crippen LogP contribution >= 0.6 is 0 Å². The molecule has 0 aromatic heterocycles. The van der Waals surface area contributed by atoms with Crippen molar-refractivity contribution in [3.8, 4) is 0 Å². The van der Waals surface area contributed by atoms with Gasteiger partial charge in [0, 0.05) is 19.5 Å². The first-order chi connectivity index (χ1) is 8.15. The molecule has 1 saturated heterocycles. The highest BCUT2D eigenvalue weighted by Crippen LogP contribution is 2.14. The van der Waals surface area contributed by atoms with Crippen molar-refractivity contribution in [1.29, 1.82) is 0 Å². The molecule has 0 aliphatic carbocycles. The van der Waals surface area contributed by atoms with E-state index in [0.717, 1.165) is 32.5 Å². The molecule has 1 aliphatic heterocycles. The molecule has 4 heteroatoms. The van der Waals surface area contributed by atoms with Crippen LogP contribution in [0.3, 0.4) is 0 Å². The van der Waals surface area contributed by atoms with E-state index >= 15 is 0 Å². The standard InChI is InChI=1S/C13H27N3O/c1-3-13(4-2,11-14)15-12(17)7-10-16-8-5-6-9-16/h3-11,14H2,1-2H3,(H,15,17). The van der Waals surface area contributed by atoms with Crippen LogP contribution in [0.2, 0.25) is 0 Å². The molecule has 0 saturated carbocycles. The third-order valence-electron chi connectivity index (χ3n) is 4.00. The highest BCUT2D eigenvalue weighted by Gasteiger charge is 2.26. The molecule has 1 fully saturated rings. The number of nitrogens with two attached hydrogens (primary N) is 1. The van der Waals surface area contributed by atoms with Crippen molar-refractivity contribution < 1.29 is 4.79 Å². The second-order valence-corrected chi connectivity index (χ2v) is 5.04. The molecule has 1 rings (SSSR count). The van der Waals surface area contributed by atoms with Gasteiger partial charge in [-0.2, -0.15) is 0 Å². The number of amides is 1. The summed E-state index contributed by atoms with van der Waals surface area (Å²) in [5, 5.41) is 3.11. The lowest BCUT2D eigenvalue weighted by atomic mass is 9.93. The fraction of sp³-hybridized carbons (Fsp3) is 0.923. The van der Waals surface area contributed by atoms with E-state index in [1.54, 1.807) is 0 Å². The summed E-state index contributed by atoms with van der Waals surface area (Å²) < 4.78 is 0. The van der Waals surface area contributed by atoms with Gasteiger partial charge in [-0.05, 0) is 38.8 Å². The summed E-state index contributed by atoms with van der Waals surface area (Å²) in [6.07, 6.45) is 4.95. The zero-order valence-electron chi connectivity index (χ0n) is 11.3. The number of hydrogen-bond donors (Lipinski definition) is 2. The Balaban J connectivity index is 2.31. The van der Waals surface area contributed by atoms with Gasteiger partial charge in [-0.25, -0.2) is 0 Å². The lowest BCUT2D eigenvalue weighted by Gasteiger charge is -2.31. The third kappa shape index (κ3) is 4.28. The lowest BCUT2D eigenvalue weighted by molar-refractivity contribution is -0.123. The predicted octanol–water partition coefficient (Wildman–Crippen LogP) is 1.11. The number of rotatable bonds is 7. The third-order valence-corrected chi connectivity index (χ3v) is 4.00. The molecular formula is C13H27N3O. The van der Waals surface area contributed by atoms with Gasteiger partial charge in [0.2, 0.25) is 5.91 Å². The molecule has 0 unspecified atom stereocenters. The largest absolute Gasteiger partial charge is 0.349 e. The Kier molecular flexibility index (Phi) is 5.92. The molecule has 4 nitrogen and oxygen atoms in total. The number of likely N-dealkylation sites (tertiary alicyclic amines) is 1. The number of carbonyl (C=O) groups is 1. The predicted molar refractivity (Wildman–Crippen MR) is 70.8 cm³/mol.